The number of amides is 1. The number of carbonyl (C=O) groups excluding carboxylic acids is 1. The van der Waals surface area contributed by atoms with Crippen molar-refractivity contribution in [1.82, 2.24) is 4.90 Å². The lowest BCUT2D eigenvalue weighted by Crippen LogP contribution is -2.47. The molecule has 1 rings (SSSR count). The fraction of sp³-hybridized carbons (Fsp3) is 0.909. The van der Waals surface area contributed by atoms with Crippen LogP contribution in [0, 0.1) is 5.92 Å². The Hall–Kier alpha value is -0.650. The minimum Gasteiger partial charge on any atom is -0.376 e. The van der Waals surface area contributed by atoms with Crippen LogP contribution < -0.4 is 5.73 Å². The summed E-state index contributed by atoms with van der Waals surface area (Å²) in [5, 5.41) is 0. The number of carbonyl (C=O) groups is 1. The van der Waals surface area contributed by atoms with Gasteiger partial charge in [0.15, 0.2) is 6.10 Å². The van der Waals surface area contributed by atoms with Crippen LogP contribution in [0.1, 0.15) is 13.8 Å². The molecule has 5 heteroatoms. The van der Waals surface area contributed by atoms with Gasteiger partial charge in [-0.05, 0) is 19.4 Å². The van der Waals surface area contributed by atoms with Gasteiger partial charge in [-0.3, -0.25) is 4.79 Å². The fourth-order valence-electron chi connectivity index (χ4n) is 1.66. The predicted molar refractivity (Wildman–Crippen MR) is 61.0 cm³/mol. The molecule has 0 saturated carbocycles. The van der Waals surface area contributed by atoms with Gasteiger partial charge in [-0.2, -0.15) is 0 Å². The first-order valence-electron chi connectivity index (χ1n) is 5.87. The second-order valence-corrected chi connectivity index (χ2v) is 4.15. The van der Waals surface area contributed by atoms with E-state index >= 15 is 0 Å². The van der Waals surface area contributed by atoms with Gasteiger partial charge in [0.1, 0.15) is 0 Å². The van der Waals surface area contributed by atoms with Crippen LogP contribution in [0.25, 0.3) is 0 Å². The van der Waals surface area contributed by atoms with Gasteiger partial charge in [0, 0.05) is 13.1 Å². The summed E-state index contributed by atoms with van der Waals surface area (Å²) in [6.07, 6.45) is -0.432. The van der Waals surface area contributed by atoms with Gasteiger partial charge in [-0.25, -0.2) is 0 Å². The minimum atomic E-state index is -0.432. The van der Waals surface area contributed by atoms with Crippen molar-refractivity contribution in [3.8, 4) is 0 Å². The number of hydrogen-bond donors (Lipinski definition) is 1. The Morgan fingerprint density at radius 2 is 2.31 bits per heavy atom. The fourth-order valence-corrected chi connectivity index (χ4v) is 1.66. The molecule has 1 fully saturated rings. The molecular formula is C11H22N2O3. The van der Waals surface area contributed by atoms with E-state index in [2.05, 4.69) is 0 Å². The Kier molecular flexibility index (Phi) is 5.73. The first kappa shape index (κ1) is 13.4. The third-order valence-electron chi connectivity index (χ3n) is 2.72. The van der Waals surface area contributed by atoms with Crippen LogP contribution in [0.5, 0.6) is 0 Å². The van der Waals surface area contributed by atoms with Crippen molar-refractivity contribution in [2.45, 2.75) is 20.0 Å². The molecule has 0 aromatic heterocycles. The SMILES string of the molecule is CCN(CC(C)CN)C(=O)C1COCCO1. The van der Waals surface area contributed by atoms with Gasteiger partial charge < -0.3 is 20.1 Å². The number of nitrogens with zero attached hydrogens (tertiary/aromatic N) is 1. The minimum absolute atomic E-state index is 0.0162. The molecule has 2 atom stereocenters. The van der Waals surface area contributed by atoms with Crippen molar-refractivity contribution < 1.29 is 14.3 Å². The van der Waals surface area contributed by atoms with E-state index in [1.54, 1.807) is 4.90 Å². The molecular weight excluding hydrogens is 208 g/mol. The van der Waals surface area contributed by atoms with E-state index in [0.717, 1.165) is 0 Å². The summed E-state index contributed by atoms with van der Waals surface area (Å²) >= 11 is 0. The summed E-state index contributed by atoms with van der Waals surface area (Å²) in [4.78, 5) is 13.8. The molecule has 5 nitrogen and oxygen atoms in total. The first-order valence-corrected chi connectivity index (χ1v) is 5.87. The highest BCUT2D eigenvalue weighted by Crippen LogP contribution is 2.07. The monoisotopic (exact) mass is 230 g/mol. The van der Waals surface area contributed by atoms with Gasteiger partial charge in [-0.1, -0.05) is 6.92 Å². The van der Waals surface area contributed by atoms with Crippen molar-refractivity contribution in [2.24, 2.45) is 11.7 Å². The normalized spacial score (nSPS) is 22.8. The quantitative estimate of drug-likeness (QED) is 0.713. The Labute approximate surface area is 96.9 Å². The molecule has 0 aliphatic carbocycles. The van der Waals surface area contributed by atoms with Gasteiger partial charge in [-0.15, -0.1) is 0 Å². The summed E-state index contributed by atoms with van der Waals surface area (Å²) in [7, 11) is 0. The van der Waals surface area contributed by atoms with E-state index in [1.165, 1.54) is 0 Å². The number of nitrogens with two attached hydrogens (primary N) is 1. The van der Waals surface area contributed by atoms with Crippen molar-refractivity contribution in [3.05, 3.63) is 0 Å². The standard InChI is InChI=1S/C11H22N2O3/c1-3-13(7-9(2)6-12)11(14)10-8-15-4-5-16-10/h9-10H,3-8,12H2,1-2H3. The number of hydrogen-bond acceptors (Lipinski definition) is 4. The van der Waals surface area contributed by atoms with Crippen LogP contribution in [-0.2, 0) is 14.3 Å². The zero-order valence-corrected chi connectivity index (χ0v) is 10.1. The van der Waals surface area contributed by atoms with Crippen molar-refractivity contribution >= 4 is 5.91 Å². The summed E-state index contributed by atoms with van der Waals surface area (Å²) in [6.45, 7) is 7.40. The van der Waals surface area contributed by atoms with Crippen LogP contribution in [0.3, 0.4) is 0 Å². The molecule has 2 unspecified atom stereocenters. The van der Waals surface area contributed by atoms with E-state index in [1.807, 2.05) is 13.8 Å². The summed E-state index contributed by atoms with van der Waals surface area (Å²) in [5.41, 5.74) is 5.56. The molecule has 1 aliphatic rings. The number of ether oxygens (including phenoxy) is 2. The molecule has 16 heavy (non-hydrogen) atoms. The van der Waals surface area contributed by atoms with E-state index < -0.39 is 6.10 Å². The van der Waals surface area contributed by atoms with Crippen LogP contribution >= 0.6 is 0 Å². The molecule has 1 amide bonds. The largest absolute Gasteiger partial charge is 0.376 e. The van der Waals surface area contributed by atoms with Crippen molar-refractivity contribution in [3.63, 3.8) is 0 Å². The first-order chi connectivity index (χ1) is 7.69. The molecule has 94 valence electrons. The Morgan fingerprint density at radius 1 is 1.56 bits per heavy atom. The zero-order chi connectivity index (χ0) is 12.0. The van der Waals surface area contributed by atoms with E-state index in [-0.39, 0.29) is 5.91 Å². The molecule has 0 spiro atoms. The summed E-state index contributed by atoms with van der Waals surface area (Å²) < 4.78 is 10.6. The molecule has 2 N–H and O–H groups in total. The number of likely N-dealkylation sites (N-methyl/N-ethyl adjacent to an activating group) is 1. The maximum Gasteiger partial charge on any atom is 0.254 e. The third-order valence-corrected chi connectivity index (χ3v) is 2.72. The van der Waals surface area contributed by atoms with Crippen molar-refractivity contribution in [1.29, 1.82) is 0 Å². The molecule has 1 heterocycles. The lowest BCUT2D eigenvalue weighted by molar-refractivity contribution is -0.158. The second-order valence-electron chi connectivity index (χ2n) is 4.15. The van der Waals surface area contributed by atoms with Gasteiger partial charge in [0.2, 0.25) is 0 Å². The van der Waals surface area contributed by atoms with Crippen molar-refractivity contribution in [2.75, 3.05) is 39.5 Å². The maximum atomic E-state index is 12.1. The van der Waals surface area contributed by atoms with Crippen LogP contribution in [0.4, 0.5) is 0 Å². The van der Waals surface area contributed by atoms with Gasteiger partial charge in [0.25, 0.3) is 5.91 Å². The summed E-state index contributed by atoms with van der Waals surface area (Å²) in [5.74, 6) is 0.330. The van der Waals surface area contributed by atoms with Crippen LogP contribution in [0.2, 0.25) is 0 Å². The lowest BCUT2D eigenvalue weighted by Gasteiger charge is -2.30. The smallest absolute Gasteiger partial charge is 0.254 e. The second kappa shape index (κ2) is 6.83. The Bertz CT molecular complexity index is 217. The summed E-state index contributed by atoms with van der Waals surface area (Å²) in [6, 6.07) is 0. The average Bonchev–Trinajstić information content (AvgIpc) is 2.35. The molecule has 0 bridgehead atoms. The van der Waals surface area contributed by atoms with Gasteiger partial charge in [0.05, 0.1) is 19.8 Å². The average molecular weight is 230 g/mol. The molecule has 0 aromatic rings. The highest BCUT2D eigenvalue weighted by Gasteiger charge is 2.27. The molecule has 1 aliphatic heterocycles. The van der Waals surface area contributed by atoms with Crippen LogP contribution in [0.15, 0.2) is 0 Å². The topological polar surface area (TPSA) is 64.8 Å². The maximum absolute atomic E-state index is 12.1. The third kappa shape index (κ3) is 3.73. The highest BCUT2D eigenvalue weighted by molar-refractivity contribution is 5.81. The molecule has 0 aromatic carbocycles. The van der Waals surface area contributed by atoms with Crippen LogP contribution in [-0.4, -0.2) is 56.4 Å². The van der Waals surface area contributed by atoms with E-state index in [9.17, 15) is 4.79 Å². The highest BCUT2D eigenvalue weighted by atomic mass is 16.6. The zero-order valence-electron chi connectivity index (χ0n) is 10.1. The molecule has 0 radical (unpaired) electrons. The molecule has 1 saturated heterocycles. The Morgan fingerprint density at radius 3 is 2.81 bits per heavy atom. The lowest BCUT2D eigenvalue weighted by atomic mass is 10.1. The van der Waals surface area contributed by atoms with E-state index in [0.29, 0.717) is 45.4 Å². The number of rotatable bonds is 5. The Balaban J connectivity index is 2.47. The van der Waals surface area contributed by atoms with Gasteiger partial charge >= 0.3 is 0 Å². The predicted octanol–water partition coefficient (Wildman–Crippen LogP) is -0.155. The van der Waals surface area contributed by atoms with E-state index in [4.69, 9.17) is 15.2 Å².